The minimum absolute atomic E-state index is 0.142. The third-order valence-electron chi connectivity index (χ3n) is 5.83. The highest BCUT2D eigenvalue weighted by molar-refractivity contribution is 6.04. The van der Waals surface area contributed by atoms with E-state index in [0.717, 1.165) is 42.6 Å². The van der Waals surface area contributed by atoms with Crippen LogP contribution in [-0.4, -0.2) is 24.0 Å². The summed E-state index contributed by atoms with van der Waals surface area (Å²) in [5, 5.41) is 6.01. The van der Waals surface area contributed by atoms with Crippen molar-refractivity contribution >= 4 is 17.5 Å². The maximum atomic E-state index is 12.9. The average molecular weight is 423 g/mol. The smallest absolute Gasteiger partial charge is 0.265 e. The third kappa shape index (κ3) is 6.09. The molecule has 1 aliphatic rings. The lowest BCUT2D eigenvalue weighted by Crippen LogP contribution is -2.37. The molecule has 0 bridgehead atoms. The molecule has 5 nitrogen and oxygen atoms in total. The Hall–Kier alpha value is -2.82. The predicted octanol–water partition coefficient (Wildman–Crippen LogP) is 5.59. The number of hydrogen-bond acceptors (Lipinski definition) is 3. The fourth-order valence-electron chi connectivity index (χ4n) is 4.00. The van der Waals surface area contributed by atoms with Crippen molar-refractivity contribution < 1.29 is 14.3 Å². The fourth-order valence-corrected chi connectivity index (χ4v) is 4.00. The standard InChI is InChI=1S/C26H34N2O3/c1-17(2)21-15-14-18(3)16-24(21)31-19(4)25(29)28-23-13-9-8-12-22(23)26(30)27-20-10-6-5-7-11-20/h8-9,12-17,19-20H,5-7,10-11H2,1-4H3,(H,27,30)(H,28,29)/t19-/m0/s1. The van der Waals surface area contributed by atoms with Crippen LogP contribution in [0.15, 0.2) is 42.5 Å². The second-order valence-corrected chi connectivity index (χ2v) is 8.80. The quantitative estimate of drug-likeness (QED) is 0.611. The highest BCUT2D eigenvalue weighted by Crippen LogP contribution is 2.28. The van der Waals surface area contributed by atoms with Crippen LogP contribution < -0.4 is 15.4 Å². The van der Waals surface area contributed by atoms with Gasteiger partial charge < -0.3 is 15.4 Å². The van der Waals surface area contributed by atoms with E-state index >= 15 is 0 Å². The van der Waals surface area contributed by atoms with Gasteiger partial charge in [-0.2, -0.15) is 0 Å². The molecule has 166 valence electrons. The van der Waals surface area contributed by atoms with Crippen molar-refractivity contribution in [2.75, 3.05) is 5.32 Å². The second kappa shape index (κ2) is 10.5. The van der Waals surface area contributed by atoms with Gasteiger partial charge in [-0.25, -0.2) is 0 Å². The van der Waals surface area contributed by atoms with Gasteiger partial charge in [-0.05, 0) is 61.9 Å². The molecule has 1 aliphatic carbocycles. The first-order valence-corrected chi connectivity index (χ1v) is 11.3. The Kier molecular flexibility index (Phi) is 7.72. The first-order valence-electron chi connectivity index (χ1n) is 11.3. The molecule has 0 aromatic heterocycles. The molecule has 0 unspecified atom stereocenters. The van der Waals surface area contributed by atoms with E-state index in [2.05, 4.69) is 24.5 Å². The normalized spacial score (nSPS) is 15.4. The minimum Gasteiger partial charge on any atom is -0.481 e. The van der Waals surface area contributed by atoms with Crippen molar-refractivity contribution in [2.45, 2.75) is 77.9 Å². The van der Waals surface area contributed by atoms with E-state index in [1.807, 2.05) is 37.3 Å². The number of amides is 2. The van der Waals surface area contributed by atoms with E-state index in [0.29, 0.717) is 11.3 Å². The molecule has 2 aromatic carbocycles. The third-order valence-corrected chi connectivity index (χ3v) is 5.83. The second-order valence-electron chi connectivity index (χ2n) is 8.80. The van der Waals surface area contributed by atoms with Gasteiger partial charge in [0.05, 0.1) is 11.3 Å². The van der Waals surface area contributed by atoms with Gasteiger partial charge in [-0.15, -0.1) is 0 Å². The molecule has 1 saturated carbocycles. The first-order chi connectivity index (χ1) is 14.8. The largest absolute Gasteiger partial charge is 0.481 e. The van der Waals surface area contributed by atoms with Crippen molar-refractivity contribution in [1.29, 1.82) is 0 Å². The number of para-hydroxylation sites is 1. The van der Waals surface area contributed by atoms with Crippen LogP contribution in [0.3, 0.4) is 0 Å². The first kappa shape index (κ1) is 22.9. The summed E-state index contributed by atoms with van der Waals surface area (Å²) in [5.74, 6) is 0.585. The lowest BCUT2D eigenvalue weighted by atomic mass is 9.95. The Morgan fingerprint density at radius 1 is 1.00 bits per heavy atom. The Labute approximate surface area is 185 Å². The number of hydrogen-bond donors (Lipinski definition) is 2. The van der Waals surface area contributed by atoms with E-state index in [4.69, 9.17) is 4.74 Å². The predicted molar refractivity (Wildman–Crippen MR) is 125 cm³/mol. The SMILES string of the molecule is Cc1ccc(C(C)C)c(O[C@@H](C)C(=O)Nc2ccccc2C(=O)NC2CCCCC2)c1. The maximum Gasteiger partial charge on any atom is 0.265 e. The highest BCUT2D eigenvalue weighted by Gasteiger charge is 2.22. The summed E-state index contributed by atoms with van der Waals surface area (Å²) in [6, 6.07) is 13.4. The van der Waals surface area contributed by atoms with Crippen molar-refractivity contribution in [2.24, 2.45) is 0 Å². The van der Waals surface area contributed by atoms with Gasteiger partial charge in [-0.3, -0.25) is 9.59 Å². The van der Waals surface area contributed by atoms with Crippen LogP contribution in [-0.2, 0) is 4.79 Å². The van der Waals surface area contributed by atoms with Gasteiger partial charge in [0.25, 0.3) is 11.8 Å². The lowest BCUT2D eigenvalue weighted by Gasteiger charge is -2.23. The molecular weight excluding hydrogens is 388 g/mol. The zero-order chi connectivity index (χ0) is 22.4. The number of aryl methyl sites for hydroxylation is 1. The summed E-state index contributed by atoms with van der Waals surface area (Å²) in [5.41, 5.74) is 3.13. The van der Waals surface area contributed by atoms with Gasteiger partial charge in [0.2, 0.25) is 0 Å². The molecule has 0 spiro atoms. The summed E-state index contributed by atoms with van der Waals surface area (Å²) >= 11 is 0. The molecular formula is C26H34N2O3. The summed E-state index contributed by atoms with van der Waals surface area (Å²) in [4.78, 5) is 25.7. The van der Waals surface area contributed by atoms with Crippen LogP contribution in [0.1, 0.15) is 80.3 Å². The Morgan fingerprint density at radius 3 is 2.42 bits per heavy atom. The summed E-state index contributed by atoms with van der Waals surface area (Å²) < 4.78 is 6.03. The summed E-state index contributed by atoms with van der Waals surface area (Å²) in [7, 11) is 0. The van der Waals surface area contributed by atoms with E-state index < -0.39 is 6.10 Å². The maximum absolute atomic E-state index is 12.9. The van der Waals surface area contributed by atoms with E-state index in [1.165, 1.54) is 6.42 Å². The fraction of sp³-hybridized carbons (Fsp3) is 0.462. The molecule has 0 heterocycles. The zero-order valence-corrected chi connectivity index (χ0v) is 19.0. The molecule has 1 fully saturated rings. The minimum atomic E-state index is -0.700. The van der Waals surface area contributed by atoms with Crippen molar-refractivity contribution in [1.82, 2.24) is 5.32 Å². The van der Waals surface area contributed by atoms with Crippen LogP contribution in [0, 0.1) is 6.92 Å². The molecule has 3 rings (SSSR count). The van der Waals surface area contributed by atoms with Crippen LogP contribution in [0.5, 0.6) is 5.75 Å². The molecule has 5 heteroatoms. The molecule has 31 heavy (non-hydrogen) atoms. The van der Waals surface area contributed by atoms with Crippen molar-refractivity contribution in [3.8, 4) is 5.75 Å². The monoisotopic (exact) mass is 422 g/mol. The summed E-state index contributed by atoms with van der Waals surface area (Å²) in [6.45, 7) is 7.93. The van der Waals surface area contributed by atoms with Gasteiger partial charge >= 0.3 is 0 Å². The van der Waals surface area contributed by atoms with Crippen LogP contribution in [0.25, 0.3) is 0 Å². The number of nitrogens with one attached hydrogen (secondary N) is 2. The molecule has 0 saturated heterocycles. The number of carbonyl (C=O) groups is 2. The Bertz CT molecular complexity index is 917. The molecule has 1 atom stereocenters. The Balaban J connectivity index is 1.69. The van der Waals surface area contributed by atoms with Gasteiger partial charge in [0, 0.05) is 6.04 Å². The number of benzene rings is 2. The van der Waals surface area contributed by atoms with E-state index in [9.17, 15) is 9.59 Å². The summed E-state index contributed by atoms with van der Waals surface area (Å²) in [6.07, 6.45) is 4.86. The van der Waals surface area contributed by atoms with Gasteiger partial charge in [0.1, 0.15) is 5.75 Å². The van der Waals surface area contributed by atoms with Crippen molar-refractivity contribution in [3.63, 3.8) is 0 Å². The highest BCUT2D eigenvalue weighted by atomic mass is 16.5. The molecule has 2 N–H and O–H groups in total. The number of rotatable bonds is 7. The number of ether oxygens (including phenoxy) is 1. The number of carbonyl (C=O) groups excluding carboxylic acids is 2. The van der Waals surface area contributed by atoms with E-state index in [1.54, 1.807) is 19.1 Å². The topological polar surface area (TPSA) is 67.4 Å². The van der Waals surface area contributed by atoms with Crippen molar-refractivity contribution in [3.05, 3.63) is 59.2 Å². The Morgan fingerprint density at radius 2 is 1.71 bits per heavy atom. The molecule has 2 aromatic rings. The zero-order valence-electron chi connectivity index (χ0n) is 19.0. The van der Waals surface area contributed by atoms with Gasteiger partial charge in [0.15, 0.2) is 6.10 Å². The average Bonchev–Trinajstić information content (AvgIpc) is 2.74. The van der Waals surface area contributed by atoms with Crippen LogP contribution in [0.2, 0.25) is 0 Å². The molecule has 0 radical (unpaired) electrons. The van der Waals surface area contributed by atoms with E-state index in [-0.39, 0.29) is 23.8 Å². The number of anilines is 1. The molecule has 0 aliphatic heterocycles. The van der Waals surface area contributed by atoms with Crippen LogP contribution in [0.4, 0.5) is 5.69 Å². The van der Waals surface area contributed by atoms with Gasteiger partial charge in [-0.1, -0.05) is 57.4 Å². The lowest BCUT2D eigenvalue weighted by molar-refractivity contribution is -0.122. The van der Waals surface area contributed by atoms with Crippen LogP contribution >= 0.6 is 0 Å². The molecule has 2 amide bonds.